The molecular weight excluding hydrogens is 254 g/mol. The molecule has 0 aliphatic carbocycles. The lowest BCUT2D eigenvalue weighted by Gasteiger charge is -2.23. The third kappa shape index (κ3) is 2.67. The van der Waals surface area contributed by atoms with Gasteiger partial charge >= 0.3 is 0 Å². The van der Waals surface area contributed by atoms with Crippen molar-refractivity contribution in [2.75, 3.05) is 0 Å². The average Bonchev–Trinajstić information content (AvgIpc) is 2.47. The molecule has 20 heavy (non-hydrogen) atoms. The minimum atomic E-state index is -2.12. The topological polar surface area (TPSA) is 102 Å². The van der Waals surface area contributed by atoms with E-state index in [2.05, 4.69) is 4.99 Å². The van der Waals surface area contributed by atoms with Gasteiger partial charge < -0.3 is 16.6 Å². The van der Waals surface area contributed by atoms with Crippen LogP contribution in [0.5, 0.6) is 0 Å². The number of hydrogen-bond acceptors (Lipinski definition) is 3. The quantitative estimate of drug-likeness (QED) is 0.437. The first kappa shape index (κ1) is 13.8. The molecule has 0 amide bonds. The number of ketones is 1. The molecule has 1 atom stereocenters. The maximum atomic E-state index is 12.5. The van der Waals surface area contributed by atoms with E-state index in [9.17, 15) is 9.90 Å². The fourth-order valence-electron chi connectivity index (χ4n) is 1.89. The van der Waals surface area contributed by atoms with Gasteiger partial charge in [-0.2, -0.15) is 0 Å². The van der Waals surface area contributed by atoms with Gasteiger partial charge in [-0.1, -0.05) is 60.7 Å². The second-order valence-electron chi connectivity index (χ2n) is 4.27. The summed E-state index contributed by atoms with van der Waals surface area (Å²) in [7, 11) is 0. The Hall–Kier alpha value is -2.66. The number of benzene rings is 2. The van der Waals surface area contributed by atoms with Crippen LogP contribution >= 0.6 is 0 Å². The maximum Gasteiger partial charge on any atom is 0.250 e. The molecule has 5 heteroatoms. The number of Topliss-reactive ketones (excluding diaryl/α,β-unsaturated/α-hetero) is 1. The third-order valence-corrected chi connectivity index (χ3v) is 2.82. The molecular formula is C15H15N3O2. The van der Waals surface area contributed by atoms with Gasteiger partial charge in [-0.3, -0.25) is 4.79 Å². The first-order chi connectivity index (χ1) is 9.54. The van der Waals surface area contributed by atoms with E-state index in [0.29, 0.717) is 11.1 Å². The summed E-state index contributed by atoms with van der Waals surface area (Å²) in [6, 6.07) is 16.7. The molecule has 0 fully saturated rings. The molecule has 2 aromatic rings. The number of nitrogens with two attached hydrogens (primary N) is 2. The monoisotopic (exact) mass is 269 g/mol. The molecule has 0 saturated carbocycles. The van der Waals surface area contributed by atoms with E-state index in [1.165, 1.54) is 0 Å². The molecule has 5 N–H and O–H groups in total. The zero-order valence-corrected chi connectivity index (χ0v) is 10.7. The molecule has 2 rings (SSSR count). The maximum absolute atomic E-state index is 12.5. The lowest BCUT2D eigenvalue weighted by Crippen LogP contribution is -2.38. The van der Waals surface area contributed by atoms with Gasteiger partial charge in [-0.25, -0.2) is 4.99 Å². The average molecular weight is 269 g/mol. The van der Waals surface area contributed by atoms with Gasteiger partial charge in [0.2, 0.25) is 5.78 Å². The molecule has 0 aliphatic rings. The van der Waals surface area contributed by atoms with Crippen molar-refractivity contribution in [2.45, 2.75) is 5.72 Å². The lowest BCUT2D eigenvalue weighted by molar-refractivity contribution is 0.0343. The molecule has 102 valence electrons. The lowest BCUT2D eigenvalue weighted by atomic mass is 9.94. The van der Waals surface area contributed by atoms with Gasteiger partial charge in [0.15, 0.2) is 5.96 Å². The highest BCUT2D eigenvalue weighted by molar-refractivity contribution is 6.03. The Kier molecular flexibility index (Phi) is 3.81. The summed E-state index contributed by atoms with van der Waals surface area (Å²) in [6.07, 6.45) is 0. The minimum Gasteiger partial charge on any atom is -0.370 e. The number of hydrogen-bond donors (Lipinski definition) is 3. The highest BCUT2D eigenvalue weighted by Crippen LogP contribution is 2.27. The van der Waals surface area contributed by atoms with Gasteiger partial charge in [0, 0.05) is 11.1 Å². The van der Waals surface area contributed by atoms with Crippen molar-refractivity contribution in [3.63, 3.8) is 0 Å². The minimum absolute atomic E-state index is 0.308. The molecule has 5 nitrogen and oxygen atoms in total. The Morgan fingerprint density at radius 3 is 1.95 bits per heavy atom. The molecule has 0 saturated heterocycles. The second kappa shape index (κ2) is 5.54. The molecule has 1 unspecified atom stereocenters. The molecule has 2 aromatic carbocycles. The molecule has 0 aliphatic heterocycles. The van der Waals surface area contributed by atoms with E-state index in [-0.39, 0.29) is 5.96 Å². The number of carbonyl (C=O) groups is 1. The summed E-state index contributed by atoms with van der Waals surface area (Å²) in [5.41, 5.74) is 9.20. The van der Waals surface area contributed by atoms with Gasteiger partial charge in [0.1, 0.15) is 0 Å². The van der Waals surface area contributed by atoms with Crippen LogP contribution in [0, 0.1) is 0 Å². The van der Waals surface area contributed by atoms with E-state index < -0.39 is 11.5 Å². The normalized spacial score (nSPS) is 13.2. The molecule has 0 heterocycles. The van der Waals surface area contributed by atoms with E-state index >= 15 is 0 Å². The molecule has 0 spiro atoms. The fraction of sp³-hybridized carbons (Fsp3) is 0.0667. The molecule has 0 aromatic heterocycles. The largest absolute Gasteiger partial charge is 0.370 e. The van der Waals surface area contributed by atoms with Crippen molar-refractivity contribution in [1.82, 2.24) is 0 Å². The number of aliphatic imine (C=N–C) groups is 1. The van der Waals surface area contributed by atoms with Crippen LogP contribution in [-0.2, 0) is 5.72 Å². The Labute approximate surface area is 116 Å². The van der Waals surface area contributed by atoms with Crippen molar-refractivity contribution in [2.24, 2.45) is 16.5 Å². The smallest absolute Gasteiger partial charge is 0.250 e. The van der Waals surface area contributed by atoms with Gasteiger partial charge in [0.25, 0.3) is 5.72 Å². The van der Waals surface area contributed by atoms with Crippen LogP contribution in [-0.4, -0.2) is 16.8 Å². The van der Waals surface area contributed by atoms with Crippen molar-refractivity contribution in [3.8, 4) is 0 Å². The summed E-state index contributed by atoms with van der Waals surface area (Å²) in [4.78, 5) is 16.3. The zero-order valence-electron chi connectivity index (χ0n) is 10.7. The van der Waals surface area contributed by atoms with E-state index in [0.717, 1.165) is 0 Å². The first-order valence-electron chi connectivity index (χ1n) is 6.02. The van der Waals surface area contributed by atoms with Crippen LogP contribution in [0.3, 0.4) is 0 Å². The van der Waals surface area contributed by atoms with Crippen molar-refractivity contribution < 1.29 is 9.90 Å². The van der Waals surface area contributed by atoms with Gasteiger partial charge in [-0.15, -0.1) is 0 Å². The number of carbonyl (C=O) groups excluding carboxylic acids is 1. The van der Waals surface area contributed by atoms with Gasteiger partial charge in [-0.05, 0) is 0 Å². The Balaban J connectivity index is 2.54. The third-order valence-electron chi connectivity index (χ3n) is 2.82. The van der Waals surface area contributed by atoms with Crippen LogP contribution in [0.4, 0.5) is 0 Å². The zero-order chi connectivity index (χ0) is 14.6. The van der Waals surface area contributed by atoms with E-state index in [1.54, 1.807) is 60.7 Å². The summed E-state index contributed by atoms with van der Waals surface area (Å²) in [5, 5.41) is 10.7. The van der Waals surface area contributed by atoms with Crippen molar-refractivity contribution in [3.05, 3.63) is 71.8 Å². The highest BCUT2D eigenvalue weighted by Gasteiger charge is 2.38. The Morgan fingerprint density at radius 2 is 1.45 bits per heavy atom. The summed E-state index contributed by atoms with van der Waals surface area (Å²) >= 11 is 0. The van der Waals surface area contributed by atoms with Crippen LogP contribution < -0.4 is 11.5 Å². The van der Waals surface area contributed by atoms with Crippen LogP contribution in [0.15, 0.2) is 65.7 Å². The standard InChI is InChI=1S/C15H15N3O2/c16-14(17)18-15(20,12-9-5-2-6-10-12)13(19)11-7-3-1-4-8-11/h1-10,20H,(H4,16,17,18). The first-order valence-corrected chi connectivity index (χ1v) is 6.02. The predicted octanol–water partition coefficient (Wildman–Crippen LogP) is 0.988. The van der Waals surface area contributed by atoms with Crippen molar-refractivity contribution >= 4 is 11.7 Å². The van der Waals surface area contributed by atoms with Crippen molar-refractivity contribution in [1.29, 1.82) is 0 Å². The van der Waals surface area contributed by atoms with Gasteiger partial charge in [0.05, 0.1) is 0 Å². The van der Waals surface area contributed by atoms with E-state index in [4.69, 9.17) is 11.5 Å². The second-order valence-corrected chi connectivity index (χ2v) is 4.27. The van der Waals surface area contributed by atoms with E-state index in [1.807, 2.05) is 0 Å². The summed E-state index contributed by atoms with van der Waals surface area (Å²) in [6.45, 7) is 0. The molecule has 0 radical (unpaired) electrons. The summed E-state index contributed by atoms with van der Waals surface area (Å²) < 4.78 is 0. The Morgan fingerprint density at radius 1 is 0.950 bits per heavy atom. The SMILES string of the molecule is NC(N)=NC(O)(C(=O)c1ccccc1)c1ccccc1. The van der Waals surface area contributed by atoms with Crippen LogP contribution in [0.25, 0.3) is 0 Å². The number of rotatable bonds is 4. The number of nitrogens with zero attached hydrogens (tertiary/aromatic N) is 1. The highest BCUT2D eigenvalue weighted by atomic mass is 16.3. The predicted molar refractivity (Wildman–Crippen MR) is 76.9 cm³/mol. The number of guanidine groups is 1. The number of aliphatic hydroxyl groups is 1. The van der Waals surface area contributed by atoms with Crippen LogP contribution in [0.1, 0.15) is 15.9 Å². The fourth-order valence-corrected chi connectivity index (χ4v) is 1.89. The van der Waals surface area contributed by atoms with Crippen LogP contribution in [0.2, 0.25) is 0 Å². The summed E-state index contributed by atoms with van der Waals surface area (Å²) in [5.74, 6) is -0.946. The Bertz CT molecular complexity index is 622. The molecule has 0 bridgehead atoms.